The van der Waals surface area contributed by atoms with Crippen molar-refractivity contribution in [1.29, 1.82) is 0 Å². The fourth-order valence-electron chi connectivity index (χ4n) is 1.70. The molecule has 0 aromatic carbocycles. The summed E-state index contributed by atoms with van der Waals surface area (Å²) in [5.41, 5.74) is 2.00. The third kappa shape index (κ3) is 1.56. The second-order valence-electron chi connectivity index (χ2n) is 3.35. The highest BCUT2D eigenvalue weighted by atomic mass is 79.9. The van der Waals surface area contributed by atoms with E-state index in [1.165, 1.54) is 0 Å². The first kappa shape index (κ1) is 9.33. The summed E-state index contributed by atoms with van der Waals surface area (Å²) in [5.74, 6) is 0. The molecule has 2 aromatic heterocycles. The topological polar surface area (TPSA) is 35.8 Å². The monoisotopic (exact) mass is 268 g/mol. The zero-order valence-electron chi connectivity index (χ0n) is 7.89. The van der Waals surface area contributed by atoms with Crippen molar-refractivity contribution < 1.29 is 9.47 Å². The molecule has 3 rings (SSSR count). The van der Waals surface area contributed by atoms with Crippen molar-refractivity contribution in [2.45, 2.75) is 6.29 Å². The molecule has 15 heavy (non-hydrogen) atoms. The number of aromatic nitrogens is 2. The van der Waals surface area contributed by atoms with Crippen LogP contribution in [0.3, 0.4) is 0 Å². The summed E-state index contributed by atoms with van der Waals surface area (Å²) in [6, 6.07) is 3.98. The van der Waals surface area contributed by atoms with Gasteiger partial charge in [-0.1, -0.05) is 0 Å². The van der Waals surface area contributed by atoms with Crippen LogP contribution in [0.4, 0.5) is 0 Å². The minimum Gasteiger partial charge on any atom is -0.346 e. The van der Waals surface area contributed by atoms with E-state index in [9.17, 15) is 0 Å². The van der Waals surface area contributed by atoms with E-state index in [-0.39, 0.29) is 6.29 Å². The normalized spacial score (nSPS) is 17.7. The summed E-state index contributed by atoms with van der Waals surface area (Å²) in [4.78, 5) is 0. The molecule has 1 aliphatic rings. The lowest BCUT2D eigenvalue weighted by molar-refractivity contribution is -0.0430. The molecule has 2 aromatic rings. The first-order valence-corrected chi connectivity index (χ1v) is 5.50. The SMILES string of the molecule is Brc1ccc2c(C3OCCO3)cnn2c1. The van der Waals surface area contributed by atoms with Crippen LogP contribution in [0.1, 0.15) is 11.9 Å². The van der Waals surface area contributed by atoms with Gasteiger partial charge in [-0.15, -0.1) is 0 Å². The summed E-state index contributed by atoms with van der Waals surface area (Å²) in [7, 11) is 0. The van der Waals surface area contributed by atoms with E-state index >= 15 is 0 Å². The average Bonchev–Trinajstić information content (AvgIpc) is 2.82. The molecule has 0 bridgehead atoms. The van der Waals surface area contributed by atoms with E-state index in [0.29, 0.717) is 13.2 Å². The molecule has 0 radical (unpaired) electrons. The molecule has 0 N–H and O–H groups in total. The van der Waals surface area contributed by atoms with Gasteiger partial charge in [0.15, 0.2) is 6.29 Å². The van der Waals surface area contributed by atoms with Crippen LogP contribution in [0.15, 0.2) is 29.0 Å². The molecule has 0 atom stereocenters. The van der Waals surface area contributed by atoms with Gasteiger partial charge >= 0.3 is 0 Å². The van der Waals surface area contributed by atoms with Crippen molar-refractivity contribution in [3.05, 3.63) is 34.6 Å². The molecular weight excluding hydrogens is 260 g/mol. The Hall–Kier alpha value is -0.910. The summed E-state index contributed by atoms with van der Waals surface area (Å²) >= 11 is 3.40. The van der Waals surface area contributed by atoms with Crippen LogP contribution >= 0.6 is 15.9 Å². The Morgan fingerprint density at radius 3 is 2.93 bits per heavy atom. The fourth-order valence-corrected chi connectivity index (χ4v) is 2.02. The predicted octanol–water partition coefficient (Wildman–Crippen LogP) is 2.14. The maximum absolute atomic E-state index is 5.45. The molecule has 1 aliphatic heterocycles. The molecule has 5 heteroatoms. The standard InChI is InChI=1S/C10H9BrN2O2/c11-7-1-2-9-8(5-12-13(9)6-7)10-14-3-4-15-10/h1-2,5-6,10H,3-4H2. The Labute approximate surface area is 94.9 Å². The van der Waals surface area contributed by atoms with Crippen molar-refractivity contribution in [3.8, 4) is 0 Å². The number of hydrogen-bond donors (Lipinski definition) is 0. The number of pyridine rings is 1. The van der Waals surface area contributed by atoms with E-state index in [2.05, 4.69) is 21.0 Å². The van der Waals surface area contributed by atoms with Gasteiger partial charge < -0.3 is 9.47 Å². The van der Waals surface area contributed by atoms with Crippen LogP contribution in [-0.4, -0.2) is 22.8 Å². The van der Waals surface area contributed by atoms with E-state index < -0.39 is 0 Å². The quantitative estimate of drug-likeness (QED) is 0.795. The second-order valence-corrected chi connectivity index (χ2v) is 4.27. The van der Waals surface area contributed by atoms with Gasteiger partial charge in [-0.05, 0) is 28.1 Å². The van der Waals surface area contributed by atoms with Crippen molar-refractivity contribution in [2.24, 2.45) is 0 Å². The Balaban J connectivity index is 2.11. The van der Waals surface area contributed by atoms with Gasteiger partial charge in [-0.2, -0.15) is 5.10 Å². The number of hydrogen-bond acceptors (Lipinski definition) is 3. The molecule has 0 spiro atoms. The van der Waals surface area contributed by atoms with Gasteiger partial charge in [0.2, 0.25) is 0 Å². The van der Waals surface area contributed by atoms with Crippen molar-refractivity contribution >= 4 is 21.4 Å². The molecule has 0 unspecified atom stereocenters. The number of fused-ring (bicyclic) bond motifs is 1. The molecular formula is C10H9BrN2O2. The van der Waals surface area contributed by atoms with Crippen molar-refractivity contribution in [2.75, 3.05) is 13.2 Å². The minimum absolute atomic E-state index is 0.260. The first-order valence-electron chi connectivity index (χ1n) is 4.70. The van der Waals surface area contributed by atoms with Gasteiger partial charge in [-0.3, -0.25) is 0 Å². The molecule has 0 aliphatic carbocycles. The highest BCUT2D eigenvalue weighted by Gasteiger charge is 2.21. The smallest absolute Gasteiger partial charge is 0.187 e. The van der Waals surface area contributed by atoms with Crippen LogP contribution in [-0.2, 0) is 9.47 Å². The van der Waals surface area contributed by atoms with Crippen molar-refractivity contribution in [3.63, 3.8) is 0 Å². The number of rotatable bonds is 1. The average molecular weight is 269 g/mol. The molecule has 1 fully saturated rings. The molecule has 1 saturated heterocycles. The molecule has 0 saturated carbocycles. The van der Waals surface area contributed by atoms with Gasteiger partial charge in [0.25, 0.3) is 0 Å². The predicted molar refractivity (Wildman–Crippen MR) is 57.5 cm³/mol. The largest absolute Gasteiger partial charge is 0.346 e. The fraction of sp³-hybridized carbons (Fsp3) is 0.300. The summed E-state index contributed by atoms with van der Waals surface area (Å²) in [5, 5.41) is 4.25. The Morgan fingerprint density at radius 1 is 1.33 bits per heavy atom. The zero-order valence-corrected chi connectivity index (χ0v) is 9.48. The van der Waals surface area contributed by atoms with Crippen LogP contribution in [0.25, 0.3) is 5.52 Å². The first-order chi connectivity index (χ1) is 7.34. The van der Waals surface area contributed by atoms with Gasteiger partial charge in [0.1, 0.15) is 0 Å². The Kier molecular flexibility index (Phi) is 2.23. The number of ether oxygens (including phenoxy) is 2. The van der Waals surface area contributed by atoms with Gasteiger partial charge in [0.05, 0.1) is 30.5 Å². The van der Waals surface area contributed by atoms with Crippen LogP contribution in [0.2, 0.25) is 0 Å². The lowest BCUT2D eigenvalue weighted by Crippen LogP contribution is -1.97. The van der Waals surface area contributed by atoms with Crippen LogP contribution < -0.4 is 0 Å². The summed E-state index contributed by atoms with van der Waals surface area (Å²) < 4.78 is 13.7. The summed E-state index contributed by atoms with van der Waals surface area (Å²) in [6.07, 6.45) is 3.44. The van der Waals surface area contributed by atoms with E-state index in [4.69, 9.17) is 9.47 Å². The molecule has 0 amide bonds. The highest BCUT2D eigenvalue weighted by molar-refractivity contribution is 9.10. The molecule has 4 nitrogen and oxygen atoms in total. The van der Waals surface area contributed by atoms with Gasteiger partial charge in [-0.25, -0.2) is 4.52 Å². The zero-order chi connectivity index (χ0) is 10.3. The maximum Gasteiger partial charge on any atom is 0.187 e. The van der Waals surface area contributed by atoms with E-state index in [1.807, 2.05) is 22.8 Å². The van der Waals surface area contributed by atoms with Crippen LogP contribution in [0.5, 0.6) is 0 Å². The maximum atomic E-state index is 5.45. The molecule has 78 valence electrons. The Bertz CT molecular complexity index is 491. The number of halogens is 1. The lowest BCUT2D eigenvalue weighted by Gasteiger charge is -2.06. The minimum atomic E-state index is -0.260. The lowest BCUT2D eigenvalue weighted by atomic mass is 10.2. The third-order valence-corrected chi connectivity index (χ3v) is 2.85. The van der Waals surface area contributed by atoms with Gasteiger partial charge in [0, 0.05) is 10.7 Å². The number of nitrogens with zero attached hydrogens (tertiary/aromatic N) is 2. The highest BCUT2D eigenvalue weighted by Crippen LogP contribution is 2.27. The van der Waals surface area contributed by atoms with E-state index in [0.717, 1.165) is 15.6 Å². The van der Waals surface area contributed by atoms with Crippen molar-refractivity contribution in [1.82, 2.24) is 9.61 Å². The van der Waals surface area contributed by atoms with Crippen LogP contribution in [0, 0.1) is 0 Å². The Morgan fingerprint density at radius 2 is 2.13 bits per heavy atom. The molecule has 3 heterocycles. The summed E-state index contributed by atoms with van der Waals surface area (Å²) in [6.45, 7) is 1.30. The third-order valence-electron chi connectivity index (χ3n) is 2.39. The van der Waals surface area contributed by atoms with E-state index in [1.54, 1.807) is 6.20 Å². The second kappa shape index (κ2) is 3.59.